The summed E-state index contributed by atoms with van der Waals surface area (Å²) in [4.78, 5) is 35.1. The molecule has 2 amide bonds. The van der Waals surface area contributed by atoms with Crippen molar-refractivity contribution in [3.8, 4) is 5.69 Å². The normalized spacial score (nSPS) is 13.4. The van der Waals surface area contributed by atoms with E-state index in [-0.39, 0.29) is 23.8 Å². The van der Waals surface area contributed by atoms with Crippen LogP contribution in [-0.2, 0) is 22.5 Å². The second kappa shape index (κ2) is 9.43. The number of anilines is 1. The van der Waals surface area contributed by atoms with Gasteiger partial charge in [-0.25, -0.2) is 9.48 Å². The maximum absolute atomic E-state index is 12.3. The number of aromatic nitrogens is 4. The fourth-order valence-electron chi connectivity index (χ4n) is 3.22. The molecule has 3 N–H and O–H groups in total. The van der Waals surface area contributed by atoms with Crippen LogP contribution in [0.4, 0.5) is 10.5 Å². The highest BCUT2D eigenvalue weighted by Gasteiger charge is 2.20. The molecule has 1 aliphatic rings. The summed E-state index contributed by atoms with van der Waals surface area (Å²) in [5.74, 6) is -0.0567. The van der Waals surface area contributed by atoms with Gasteiger partial charge in [-0.15, -0.1) is 0 Å². The Morgan fingerprint density at radius 3 is 2.84 bits per heavy atom. The van der Waals surface area contributed by atoms with Crippen LogP contribution in [0.5, 0.6) is 0 Å². The summed E-state index contributed by atoms with van der Waals surface area (Å²) in [6.45, 7) is 1.52. The van der Waals surface area contributed by atoms with E-state index in [9.17, 15) is 14.4 Å². The highest BCUT2D eigenvalue weighted by Crippen LogP contribution is 2.13. The second-order valence-corrected chi connectivity index (χ2v) is 7.39. The Labute approximate surface area is 182 Å². The Balaban J connectivity index is 1.43. The molecular weight excluding hydrogens is 416 g/mol. The molecule has 2 aromatic heterocycles. The van der Waals surface area contributed by atoms with Gasteiger partial charge in [-0.2, -0.15) is 10.2 Å². The average molecular weight is 438 g/mol. The van der Waals surface area contributed by atoms with Gasteiger partial charge in [-0.3, -0.25) is 19.6 Å². The van der Waals surface area contributed by atoms with E-state index in [4.69, 9.17) is 9.84 Å². The smallest absolute Gasteiger partial charge is 0.409 e. The van der Waals surface area contributed by atoms with E-state index >= 15 is 0 Å². The molecule has 0 saturated carbocycles. The van der Waals surface area contributed by atoms with E-state index < -0.39 is 6.09 Å². The van der Waals surface area contributed by atoms with Crippen molar-refractivity contribution in [2.24, 2.45) is 0 Å². The SMILES string of the molecule is O=C(O)Nc1cccc(Cc2nn(-c3cnn(CCC(=O)NC4COC4)c3)ccc2=O)c1. The van der Waals surface area contributed by atoms with Gasteiger partial charge < -0.3 is 15.2 Å². The van der Waals surface area contributed by atoms with Crippen molar-refractivity contribution in [2.45, 2.75) is 25.4 Å². The van der Waals surface area contributed by atoms with E-state index in [0.29, 0.717) is 43.2 Å². The molecule has 1 aromatic carbocycles. The highest BCUT2D eigenvalue weighted by molar-refractivity contribution is 5.82. The van der Waals surface area contributed by atoms with E-state index in [1.807, 2.05) is 0 Å². The van der Waals surface area contributed by atoms with Crippen LogP contribution in [0.3, 0.4) is 0 Å². The number of hydrogen-bond acceptors (Lipinski definition) is 6. The molecule has 3 aromatic rings. The molecule has 32 heavy (non-hydrogen) atoms. The van der Waals surface area contributed by atoms with Gasteiger partial charge in [-0.05, 0) is 17.7 Å². The fourth-order valence-corrected chi connectivity index (χ4v) is 3.22. The number of nitrogens with one attached hydrogen (secondary N) is 2. The molecule has 11 heteroatoms. The second-order valence-electron chi connectivity index (χ2n) is 7.39. The van der Waals surface area contributed by atoms with Crippen molar-refractivity contribution in [3.05, 3.63) is 70.4 Å². The Morgan fingerprint density at radius 2 is 2.09 bits per heavy atom. The topological polar surface area (TPSA) is 140 Å². The first-order valence-electron chi connectivity index (χ1n) is 10.0. The summed E-state index contributed by atoms with van der Waals surface area (Å²) < 4.78 is 8.23. The monoisotopic (exact) mass is 438 g/mol. The summed E-state index contributed by atoms with van der Waals surface area (Å²) in [5.41, 5.74) is 1.91. The molecule has 0 radical (unpaired) electrons. The Hall–Kier alpha value is -3.99. The molecule has 0 unspecified atom stereocenters. The van der Waals surface area contributed by atoms with Crippen molar-refractivity contribution in [3.63, 3.8) is 0 Å². The van der Waals surface area contributed by atoms with Gasteiger partial charge in [0.15, 0.2) is 0 Å². The van der Waals surface area contributed by atoms with Crippen LogP contribution < -0.4 is 16.1 Å². The predicted molar refractivity (Wildman–Crippen MR) is 114 cm³/mol. The van der Waals surface area contributed by atoms with Gasteiger partial charge in [0.1, 0.15) is 11.4 Å². The lowest BCUT2D eigenvalue weighted by Gasteiger charge is -2.26. The highest BCUT2D eigenvalue weighted by atomic mass is 16.5. The molecule has 0 spiro atoms. The first-order valence-corrected chi connectivity index (χ1v) is 10.0. The summed E-state index contributed by atoms with van der Waals surface area (Å²) in [5, 5.41) is 22.7. The molecule has 0 atom stereocenters. The number of nitrogens with zero attached hydrogens (tertiary/aromatic N) is 4. The zero-order chi connectivity index (χ0) is 22.5. The number of aryl methyl sites for hydroxylation is 1. The van der Waals surface area contributed by atoms with Crippen LogP contribution in [0.25, 0.3) is 5.69 Å². The van der Waals surface area contributed by atoms with E-state index in [1.165, 1.54) is 6.07 Å². The first-order chi connectivity index (χ1) is 15.5. The maximum Gasteiger partial charge on any atom is 0.409 e. The number of ether oxygens (including phenoxy) is 1. The summed E-state index contributed by atoms with van der Waals surface area (Å²) in [6, 6.07) is 8.31. The van der Waals surface area contributed by atoms with Crippen molar-refractivity contribution >= 4 is 17.7 Å². The van der Waals surface area contributed by atoms with E-state index in [0.717, 1.165) is 5.56 Å². The number of carbonyl (C=O) groups excluding carboxylic acids is 1. The lowest BCUT2D eigenvalue weighted by Crippen LogP contribution is -2.48. The van der Waals surface area contributed by atoms with Crippen LogP contribution in [0.2, 0.25) is 0 Å². The Bertz CT molecular complexity index is 1180. The van der Waals surface area contributed by atoms with Gasteiger partial charge in [0.05, 0.1) is 31.6 Å². The lowest BCUT2D eigenvalue weighted by molar-refractivity contribution is -0.125. The number of hydrogen-bond donors (Lipinski definition) is 3. The molecule has 1 saturated heterocycles. The van der Waals surface area contributed by atoms with Crippen LogP contribution in [0.15, 0.2) is 53.7 Å². The minimum absolute atomic E-state index is 0.0567. The lowest BCUT2D eigenvalue weighted by atomic mass is 10.1. The van der Waals surface area contributed by atoms with Crippen molar-refractivity contribution in [1.82, 2.24) is 24.9 Å². The molecule has 11 nitrogen and oxygen atoms in total. The summed E-state index contributed by atoms with van der Waals surface area (Å²) in [7, 11) is 0. The molecule has 166 valence electrons. The van der Waals surface area contributed by atoms with Crippen LogP contribution >= 0.6 is 0 Å². The van der Waals surface area contributed by atoms with Crippen molar-refractivity contribution < 1.29 is 19.4 Å². The first kappa shape index (κ1) is 21.2. The van der Waals surface area contributed by atoms with E-state index in [1.54, 1.807) is 52.2 Å². The number of amides is 2. The predicted octanol–water partition coefficient (Wildman–Crippen LogP) is 1.01. The maximum atomic E-state index is 12.3. The fraction of sp³-hybridized carbons (Fsp3) is 0.286. The number of carbonyl (C=O) groups is 2. The molecular formula is C21H22N6O5. The minimum Gasteiger partial charge on any atom is -0.465 e. The molecule has 3 heterocycles. The van der Waals surface area contributed by atoms with Crippen molar-refractivity contribution in [1.29, 1.82) is 0 Å². The summed E-state index contributed by atoms with van der Waals surface area (Å²) in [6.07, 6.45) is 4.29. The summed E-state index contributed by atoms with van der Waals surface area (Å²) >= 11 is 0. The Morgan fingerprint density at radius 1 is 1.25 bits per heavy atom. The molecule has 1 fully saturated rings. The van der Waals surface area contributed by atoms with Crippen molar-refractivity contribution in [2.75, 3.05) is 18.5 Å². The zero-order valence-corrected chi connectivity index (χ0v) is 17.1. The third kappa shape index (κ3) is 5.38. The van der Waals surface area contributed by atoms with Gasteiger partial charge in [-0.1, -0.05) is 12.1 Å². The van der Waals surface area contributed by atoms with E-state index in [2.05, 4.69) is 20.8 Å². The third-order valence-electron chi connectivity index (χ3n) is 4.89. The number of rotatable bonds is 8. The number of carboxylic acid groups (broad SMARTS) is 1. The standard InChI is InChI=1S/C21H22N6O5/c28-19-4-7-27(25-18(19)9-14-2-1-3-15(8-14)24-21(30)31)17-10-22-26(11-17)6-5-20(29)23-16-12-32-13-16/h1-4,7-8,10-11,16,24H,5-6,9,12-13H2,(H,23,29)(H,30,31). The van der Waals surface area contributed by atoms with Gasteiger partial charge in [0.25, 0.3) is 0 Å². The molecule has 1 aliphatic heterocycles. The molecule has 4 rings (SSSR count). The van der Waals surface area contributed by atoms with Gasteiger partial charge >= 0.3 is 6.09 Å². The Kier molecular flexibility index (Phi) is 6.26. The van der Waals surface area contributed by atoms with Gasteiger partial charge in [0, 0.05) is 37.3 Å². The molecule has 0 bridgehead atoms. The number of benzene rings is 1. The van der Waals surface area contributed by atoms with Crippen LogP contribution in [-0.4, -0.2) is 55.9 Å². The van der Waals surface area contributed by atoms with Gasteiger partial charge in [0.2, 0.25) is 11.3 Å². The third-order valence-corrected chi connectivity index (χ3v) is 4.89. The van der Waals surface area contributed by atoms with Crippen LogP contribution in [0, 0.1) is 0 Å². The largest absolute Gasteiger partial charge is 0.465 e. The minimum atomic E-state index is -1.16. The zero-order valence-electron chi connectivity index (χ0n) is 17.1. The molecule has 0 aliphatic carbocycles. The average Bonchev–Trinajstić information content (AvgIpc) is 3.20. The van der Waals surface area contributed by atoms with Crippen LogP contribution in [0.1, 0.15) is 17.7 Å². The quantitative estimate of drug-likeness (QED) is 0.477.